The summed E-state index contributed by atoms with van der Waals surface area (Å²) in [5, 5.41) is 4.47. The molecule has 6 nitrogen and oxygen atoms in total. The summed E-state index contributed by atoms with van der Waals surface area (Å²) in [7, 11) is 0. The molecule has 0 spiro atoms. The fourth-order valence-electron chi connectivity index (χ4n) is 4.32. The van der Waals surface area contributed by atoms with Gasteiger partial charge in [-0.2, -0.15) is 5.10 Å². The van der Waals surface area contributed by atoms with Gasteiger partial charge in [0.1, 0.15) is 5.82 Å². The third kappa shape index (κ3) is 5.16. The Balaban J connectivity index is 1.39. The van der Waals surface area contributed by atoms with Crippen LogP contribution in [-0.2, 0) is 17.8 Å². The van der Waals surface area contributed by atoms with Gasteiger partial charge in [-0.25, -0.2) is 4.39 Å². The van der Waals surface area contributed by atoms with Gasteiger partial charge in [-0.15, -0.1) is 0 Å². The lowest BCUT2D eigenvalue weighted by molar-refractivity contribution is -0.132. The van der Waals surface area contributed by atoms with Gasteiger partial charge in [0.2, 0.25) is 5.91 Å². The second-order valence-electron chi connectivity index (χ2n) is 8.24. The molecule has 0 aliphatic carbocycles. The molecule has 1 aromatic carbocycles. The quantitative estimate of drug-likeness (QED) is 0.575. The molecule has 1 aliphatic heterocycles. The van der Waals surface area contributed by atoms with Crippen LogP contribution in [0.25, 0.3) is 0 Å². The van der Waals surface area contributed by atoms with Gasteiger partial charge in [0.15, 0.2) is 0 Å². The predicted octanol–water partition coefficient (Wildman–Crippen LogP) is 4.16. The SMILES string of the molecule is Cc1cc(C)n(CCCC(=O)N2CCCC2c2cncc(Cc3cccc(F)c3)n2)n1. The molecule has 31 heavy (non-hydrogen) atoms. The van der Waals surface area contributed by atoms with E-state index in [0.717, 1.165) is 60.7 Å². The Morgan fingerprint density at radius 2 is 2.10 bits per heavy atom. The molecular formula is C24H28FN5O. The van der Waals surface area contributed by atoms with E-state index in [0.29, 0.717) is 12.8 Å². The van der Waals surface area contributed by atoms with E-state index >= 15 is 0 Å². The normalized spacial score (nSPS) is 16.1. The summed E-state index contributed by atoms with van der Waals surface area (Å²) in [6, 6.07) is 8.54. The minimum atomic E-state index is -0.255. The molecule has 0 radical (unpaired) electrons. The van der Waals surface area contributed by atoms with Gasteiger partial charge in [0.05, 0.1) is 29.3 Å². The summed E-state index contributed by atoms with van der Waals surface area (Å²) in [6.07, 6.45) is 7.08. The molecule has 0 saturated carbocycles. The first-order valence-corrected chi connectivity index (χ1v) is 10.9. The molecule has 1 unspecified atom stereocenters. The minimum absolute atomic E-state index is 0.0406. The number of benzene rings is 1. The number of hydrogen-bond acceptors (Lipinski definition) is 4. The number of halogens is 1. The molecule has 7 heteroatoms. The first-order chi connectivity index (χ1) is 15.0. The molecule has 0 bridgehead atoms. The van der Waals surface area contributed by atoms with Crippen molar-refractivity contribution in [2.75, 3.05) is 6.54 Å². The lowest BCUT2D eigenvalue weighted by Gasteiger charge is -2.24. The summed E-state index contributed by atoms with van der Waals surface area (Å²) in [4.78, 5) is 24.0. The van der Waals surface area contributed by atoms with E-state index in [2.05, 4.69) is 10.1 Å². The molecule has 1 atom stereocenters. The van der Waals surface area contributed by atoms with Crippen molar-refractivity contribution < 1.29 is 9.18 Å². The Hall–Kier alpha value is -3.09. The summed E-state index contributed by atoms with van der Waals surface area (Å²) >= 11 is 0. The average Bonchev–Trinajstić information content (AvgIpc) is 3.34. The Kier molecular flexibility index (Phi) is 6.39. The number of nitrogens with zero attached hydrogens (tertiary/aromatic N) is 5. The van der Waals surface area contributed by atoms with Crippen LogP contribution in [0.4, 0.5) is 4.39 Å². The molecule has 1 amide bonds. The van der Waals surface area contributed by atoms with Crippen molar-refractivity contribution in [3.8, 4) is 0 Å². The maximum Gasteiger partial charge on any atom is 0.223 e. The van der Waals surface area contributed by atoms with Crippen LogP contribution in [0.5, 0.6) is 0 Å². The first-order valence-electron chi connectivity index (χ1n) is 10.9. The zero-order chi connectivity index (χ0) is 21.8. The number of carbonyl (C=O) groups is 1. The molecule has 3 aromatic rings. The van der Waals surface area contributed by atoms with Gasteiger partial charge < -0.3 is 4.90 Å². The molecule has 0 N–H and O–H groups in total. The maximum absolute atomic E-state index is 13.5. The molecular weight excluding hydrogens is 393 g/mol. The second kappa shape index (κ2) is 9.37. The smallest absolute Gasteiger partial charge is 0.223 e. The van der Waals surface area contributed by atoms with Gasteiger partial charge in [0.25, 0.3) is 0 Å². The van der Waals surface area contributed by atoms with Gasteiger partial charge in [0, 0.05) is 37.8 Å². The van der Waals surface area contributed by atoms with E-state index in [9.17, 15) is 9.18 Å². The van der Waals surface area contributed by atoms with Crippen molar-refractivity contribution in [2.45, 2.75) is 58.5 Å². The van der Waals surface area contributed by atoms with E-state index in [4.69, 9.17) is 4.98 Å². The van der Waals surface area contributed by atoms with Crippen molar-refractivity contribution in [1.82, 2.24) is 24.6 Å². The number of likely N-dealkylation sites (tertiary alicyclic amines) is 1. The van der Waals surface area contributed by atoms with Crippen LogP contribution in [0.3, 0.4) is 0 Å². The lowest BCUT2D eigenvalue weighted by Crippen LogP contribution is -2.31. The summed E-state index contributed by atoms with van der Waals surface area (Å²) in [5.41, 5.74) is 4.58. The van der Waals surface area contributed by atoms with Crippen LogP contribution >= 0.6 is 0 Å². The van der Waals surface area contributed by atoms with Crippen LogP contribution in [0.15, 0.2) is 42.7 Å². The number of aryl methyl sites for hydroxylation is 3. The number of rotatable bonds is 7. The zero-order valence-corrected chi connectivity index (χ0v) is 18.1. The van der Waals surface area contributed by atoms with E-state index in [-0.39, 0.29) is 17.8 Å². The number of amides is 1. The van der Waals surface area contributed by atoms with Gasteiger partial charge in [-0.05, 0) is 56.9 Å². The third-order valence-electron chi connectivity index (χ3n) is 5.76. The summed E-state index contributed by atoms with van der Waals surface area (Å²) < 4.78 is 15.4. The largest absolute Gasteiger partial charge is 0.334 e. The van der Waals surface area contributed by atoms with Crippen LogP contribution in [-0.4, -0.2) is 37.1 Å². The van der Waals surface area contributed by atoms with E-state index in [1.54, 1.807) is 18.5 Å². The molecule has 162 valence electrons. The van der Waals surface area contributed by atoms with E-state index < -0.39 is 0 Å². The Morgan fingerprint density at radius 1 is 1.23 bits per heavy atom. The van der Waals surface area contributed by atoms with Crippen molar-refractivity contribution >= 4 is 5.91 Å². The van der Waals surface area contributed by atoms with Crippen molar-refractivity contribution in [2.24, 2.45) is 0 Å². The lowest BCUT2D eigenvalue weighted by atomic mass is 10.1. The van der Waals surface area contributed by atoms with Crippen molar-refractivity contribution in [3.05, 3.63) is 76.9 Å². The maximum atomic E-state index is 13.5. The standard InChI is InChI=1S/C24H28FN5O/c1-17-12-18(2)30(28-17)11-5-9-24(31)29-10-4-8-23(29)22-16-26-15-21(27-22)14-19-6-3-7-20(25)13-19/h3,6-7,12-13,15-16,23H,4-5,8-11,14H2,1-2H3. The molecule has 1 aliphatic rings. The van der Waals surface area contributed by atoms with Gasteiger partial charge in [-0.1, -0.05) is 12.1 Å². The predicted molar refractivity (Wildman–Crippen MR) is 116 cm³/mol. The summed E-state index contributed by atoms with van der Waals surface area (Å²) in [6.45, 7) is 5.51. The Morgan fingerprint density at radius 3 is 2.87 bits per heavy atom. The van der Waals surface area contributed by atoms with E-state index in [1.807, 2.05) is 35.6 Å². The fourth-order valence-corrected chi connectivity index (χ4v) is 4.32. The van der Waals surface area contributed by atoms with Crippen LogP contribution < -0.4 is 0 Å². The topological polar surface area (TPSA) is 63.9 Å². The van der Waals surface area contributed by atoms with Crippen LogP contribution in [0, 0.1) is 19.7 Å². The van der Waals surface area contributed by atoms with Gasteiger partial charge >= 0.3 is 0 Å². The number of aromatic nitrogens is 4. The zero-order valence-electron chi connectivity index (χ0n) is 18.1. The van der Waals surface area contributed by atoms with Crippen LogP contribution in [0.1, 0.15) is 60.1 Å². The molecule has 4 rings (SSSR count). The van der Waals surface area contributed by atoms with Crippen LogP contribution in [0.2, 0.25) is 0 Å². The number of hydrogen-bond donors (Lipinski definition) is 0. The first kappa shape index (κ1) is 21.2. The highest BCUT2D eigenvalue weighted by Crippen LogP contribution is 2.31. The molecule has 1 saturated heterocycles. The van der Waals surface area contributed by atoms with Gasteiger partial charge in [-0.3, -0.25) is 19.4 Å². The monoisotopic (exact) mass is 421 g/mol. The number of carbonyl (C=O) groups excluding carboxylic acids is 1. The second-order valence-corrected chi connectivity index (χ2v) is 8.24. The molecule has 2 aromatic heterocycles. The average molecular weight is 422 g/mol. The highest BCUT2D eigenvalue weighted by molar-refractivity contribution is 5.76. The Labute approximate surface area is 182 Å². The third-order valence-corrected chi connectivity index (χ3v) is 5.76. The fraction of sp³-hybridized carbons (Fsp3) is 0.417. The Bertz CT molecular complexity index is 1060. The minimum Gasteiger partial charge on any atom is -0.334 e. The molecule has 3 heterocycles. The highest BCUT2D eigenvalue weighted by atomic mass is 19.1. The summed E-state index contributed by atoms with van der Waals surface area (Å²) in [5.74, 6) is -0.101. The molecule has 1 fully saturated rings. The van der Waals surface area contributed by atoms with E-state index in [1.165, 1.54) is 12.1 Å². The van der Waals surface area contributed by atoms with Crippen molar-refractivity contribution in [3.63, 3.8) is 0 Å². The van der Waals surface area contributed by atoms with Crippen molar-refractivity contribution in [1.29, 1.82) is 0 Å². The highest BCUT2D eigenvalue weighted by Gasteiger charge is 2.30.